The zero-order chi connectivity index (χ0) is 16.3. The van der Waals surface area contributed by atoms with Gasteiger partial charge in [0.15, 0.2) is 17.3 Å². The molecule has 0 amide bonds. The lowest BCUT2D eigenvalue weighted by Crippen LogP contribution is -2.49. The summed E-state index contributed by atoms with van der Waals surface area (Å²) in [4.78, 5) is 14.1. The van der Waals surface area contributed by atoms with Gasteiger partial charge in [0.2, 0.25) is 0 Å². The number of ether oxygens (including phenoxy) is 2. The highest BCUT2D eigenvalue weighted by molar-refractivity contribution is 5.91. The minimum atomic E-state index is -0.238. The van der Waals surface area contributed by atoms with Gasteiger partial charge in [-0.15, -0.1) is 0 Å². The Morgan fingerprint density at radius 1 is 1.27 bits per heavy atom. The van der Waals surface area contributed by atoms with Crippen LogP contribution in [0.4, 0.5) is 0 Å². The van der Waals surface area contributed by atoms with Crippen molar-refractivity contribution in [1.29, 1.82) is 0 Å². The number of benzene rings is 1. The van der Waals surface area contributed by atoms with Crippen LogP contribution >= 0.6 is 0 Å². The molecule has 1 aromatic carbocycles. The first-order valence-electron chi connectivity index (χ1n) is 7.61. The molecule has 0 fully saturated rings. The summed E-state index contributed by atoms with van der Waals surface area (Å²) in [5, 5.41) is 0. The molecule has 0 saturated carbocycles. The summed E-state index contributed by atoms with van der Waals surface area (Å²) in [6.07, 6.45) is 4.26. The van der Waals surface area contributed by atoms with Crippen LogP contribution in [0.25, 0.3) is 0 Å². The molecule has 0 N–H and O–H groups in total. The average Bonchev–Trinajstić information content (AvgIpc) is 2.55. The van der Waals surface area contributed by atoms with E-state index >= 15 is 0 Å². The molecule has 0 spiro atoms. The summed E-state index contributed by atoms with van der Waals surface area (Å²) < 4.78 is 10.7. The van der Waals surface area contributed by atoms with E-state index in [1.807, 2.05) is 18.2 Å². The first-order chi connectivity index (χ1) is 10.5. The van der Waals surface area contributed by atoms with Crippen LogP contribution in [-0.2, 0) is 10.2 Å². The monoisotopic (exact) mass is 303 g/mol. The van der Waals surface area contributed by atoms with E-state index in [4.69, 9.17) is 9.47 Å². The molecule has 4 nitrogen and oxygen atoms in total. The minimum absolute atomic E-state index is 0.133. The Balaban J connectivity index is 2.50. The molecule has 1 unspecified atom stereocenters. The van der Waals surface area contributed by atoms with Gasteiger partial charge in [0.25, 0.3) is 0 Å². The second-order valence-electron chi connectivity index (χ2n) is 5.95. The Bertz CT molecular complexity index is 582. The van der Waals surface area contributed by atoms with Crippen molar-refractivity contribution >= 4 is 5.78 Å². The van der Waals surface area contributed by atoms with Crippen molar-refractivity contribution in [3.63, 3.8) is 0 Å². The number of ketones is 1. The number of hydrogen-bond donors (Lipinski definition) is 0. The van der Waals surface area contributed by atoms with Crippen LogP contribution in [0.15, 0.2) is 30.4 Å². The molecule has 2 rings (SSSR count). The maximum atomic E-state index is 11.9. The number of methoxy groups -OCH3 is 2. The summed E-state index contributed by atoms with van der Waals surface area (Å²) in [6, 6.07) is 6.12. The van der Waals surface area contributed by atoms with Crippen LogP contribution in [0.1, 0.15) is 25.8 Å². The second-order valence-corrected chi connectivity index (χ2v) is 5.95. The third kappa shape index (κ3) is 2.88. The molecule has 22 heavy (non-hydrogen) atoms. The molecule has 0 bridgehead atoms. The molecule has 0 aromatic heterocycles. The quantitative estimate of drug-likeness (QED) is 0.838. The fraction of sp³-hybridized carbons (Fsp3) is 0.500. The van der Waals surface area contributed by atoms with E-state index < -0.39 is 0 Å². The Kier molecular flexibility index (Phi) is 4.91. The minimum Gasteiger partial charge on any atom is -0.493 e. The normalized spacial score (nSPS) is 24.6. The zero-order valence-corrected chi connectivity index (χ0v) is 14.1. The first kappa shape index (κ1) is 16.6. The molecule has 1 aromatic rings. The van der Waals surface area contributed by atoms with Crippen LogP contribution in [-0.4, -0.2) is 44.5 Å². The standard InChI is InChI=1S/C18H25NO3/c1-6-19(3)17-12-14(20)9-10-18(17,2)13-7-8-15(21-4)16(11-13)22-5/h7-11,17H,6,12H2,1-5H3/t17?,18-/m1/s1. The summed E-state index contributed by atoms with van der Waals surface area (Å²) >= 11 is 0. The maximum Gasteiger partial charge on any atom is 0.161 e. The number of likely N-dealkylation sites (N-methyl/N-ethyl adjacent to an activating group) is 1. The summed E-state index contributed by atoms with van der Waals surface area (Å²) in [5.74, 6) is 1.61. The van der Waals surface area contributed by atoms with E-state index in [1.54, 1.807) is 20.3 Å². The van der Waals surface area contributed by atoms with Crippen LogP contribution in [0, 0.1) is 0 Å². The summed E-state index contributed by atoms with van der Waals surface area (Å²) in [5.41, 5.74) is 0.886. The highest BCUT2D eigenvalue weighted by Crippen LogP contribution is 2.40. The van der Waals surface area contributed by atoms with Crippen molar-refractivity contribution in [3.05, 3.63) is 35.9 Å². The molecule has 120 valence electrons. The Morgan fingerprint density at radius 3 is 2.55 bits per heavy atom. The second kappa shape index (κ2) is 6.53. The predicted octanol–water partition coefficient (Wildman–Crippen LogP) is 2.81. The Hall–Kier alpha value is -1.81. The highest BCUT2D eigenvalue weighted by atomic mass is 16.5. The van der Waals surface area contributed by atoms with Gasteiger partial charge in [0.1, 0.15) is 0 Å². The number of rotatable bonds is 5. The van der Waals surface area contributed by atoms with Gasteiger partial charge >= 0.3 is 0 Å². The van der Waals surface area contributed by atoms with E-state index in [0.29, 0.717) is 17.9 Å². The molecule has 4 heteroatoms. The molecule has 0 aliphatic heterocycles. The molecular formula is C18H25NO3. The van der Waals surface area contributed by atoms with E-state index in [0.717, 1.165) is 12.1 Å². The van der Waals surface area contributed by atoms with Gasteiger partial charge in [-0.3, -0.25) is 4.79 Å². The van der Waals surface area contributed by atoms with Gasteiger partial charge in [-0.05, 0) is 37.4 Å². The van der Waals surface area contributed by atoms with Gasteiger partial charge in [-0.2, -0.15) is 0 Å². The van der Waals surface area contributed by atoms with E-state index in [2.05, 4.69) is 31.9 Å². The first-order valence-corrected chi connectivity index (χ1v) is 7.61. The van der Waals surface area contributed by atoms with Crippen LogP contribution in [0.2, 0.25) is 0 Å². The third-order valence-corrected chi connectivity index (χ3v) is 4.74. The smallest absolute Gasteiger partial charge is 0.161 e. The predicted molar refractivity (Wildman–Crippen MR) is 87.8 cm³/mol. The van der Waals surface area contributed by atoms with Gasteiger partial charge in [-0.25, -0.2) is 0 Å². The third-order valence-electron chi connectivity index (χ3n) is 4.74. The van der Waals surface area contributed by atoms with E-state index in [-0.39, 0.29) is 17.2 Å². The topological polar surface area (TPSA) is 38.8 Å². The zero-order valence-electron chi connectivity index (χ0n) is 14.1. The lowest BCUT2D eigenvalue weighted by atomic mass is 9.70. The largest absolute Gasteiger partial charge is 0.493 e. The van der Waals surface area contributed by atoms with Gasteiger partial charge in [0.05, 0.1) is 14.2 Å². The molecule has 0 radical (unpaired) electrons. The van der Waals surface area contributed by atoms with E-state index in [1.165, 1.54) is 0 Å². The van der Waals surface area contributed by atoms with Crippen molar-refractivity contribution in [2.45, 2.75) is 31.7 Å². The van der Waals surface area contributed by atoms with Gasteiger partial charge in [0, 0.05) is 17.9 Å². The Labute approximate surface area is 132 Å². The van der Waals surface area contributed by atoms with Crippen molar-refractivity contribution < 1.29 is 14.3 Å². The molecule has 1 aliphatic rings. The molecule has 1 aliphatic carbocycles. The fourth-order valence-electron chi connectivity index (χ4n) is 3.14. The Morgan fingerprint density at radius 2 is 1.95 bits per heavy atom. The number of carbonyl (C=O) groups excluding carboxylic acids is 1. The lowest BCUT2D eigenvalue weighted by Gasteiger charge is -2.43. The number of nitrogens with zero attached hydrogens (tertiary/aromatic N) is 1. The SMILES string of the molecule is CCN(C)C1CC(=O)C=C[C@]1(C)c1ccc(OC)c(OC)c1. The van der Waals surface area contributed by atoms with Crippen LogP contribution < -0.4 is 9.47 Å². The van der Waals surface area contributed by atoms with Crippen LogP contribution in [0.3, 0.4) is 0 Å². The van der Waals surface area contributed by atoms with Crippen molar-refractivity contribution in [1.82, 2.24) is 4.90 Å². The van der Waals surface area contributed by atoms with E-state index in [9.17, 15) is 4.79 Å². The van der Waals surface area contributed by atoms with Gasteiger partial charge < -0.3 is 14.4 Å². The number of allylic oxidation sites excluding steroid dienone is 1. The fourth-order valence-corrected chi connectivity index (χ4v) is 3.14. The molecule has 0 saturated heterocycles. The number of hydrogen-bond acceptors (Lipinski definition) is 4. The lowest BCUT2D eigenvalue weighted by molar-refractivity contribution is -0.116. The van der Waals surface area contributed by atoms with Crippen molar-refractivity contribution in [3.8, 4) is 11.5 Å². The van der Waals surface area contributed by atoms with Gasteiger partial charge in [-0.1, -0.05) is 26.0 Å². The molecule has 0 heterocycles. The van der Waals surface area contributed by atoms with Crippen LogP contribution in [0.5, 0.6) is 11.5 Å². The maximum absolute atomic E-state index is 11.9. The molecular weight excluding hydrogens is 278 g/mol. The highest BCUT2D eigenvalue weighted by Gasteiger charge is 2.39. The summed E-state index contributed by atoms with van der Waals surface area (Å²) in [6.45, 7) is 5.18. The van der Waals surface area contributed by atoms with Crippen molar-refractivity contribution in [2.75, 3.05) is 27.8 Å². The van der Waals surface area contributed by atoms with Crippen molar-refractivity contribution in [2.24, 2.45) is 0 Å². The average molecular weight is 303 g/mol. The summed E-state index contributed by atoms with van der Waals surface area (Å²) in [7, 11) is 5.34. The number of carbonyl (C=O) groups is 1. The molecule has 2 atom stereocenters.